The summed E-state index contributed by atoms with van der Waals surface area (Å²) in [5, 5.41) is 21.1. The van der Waals surface area contributed by atoms with E-state index in [1.807, 2.05) is 0 Å². The molecule has 2 aliphatic carbocycles. The molecule has 0 spiro atoms. The van der Waals surface area contributed by atoms with Gasteiger partial charge in [0.25, 0.3) is 0 Å². The van der Waals surface area contributed by atoms with Crippen LogP contribution in [0.2, 0.25) is 0 Å². The fourth-order valence-corrected chi connectivity index (χ4v) is 0.846. The third kappa shape index (κ3) is 5.08. The minimum atomic E-state index is -0.451. The van der Waals surface area contributed by atoms with Crippen LogP contribution in [0.4, 0.5) is 0 Å². The molecule has 4 nitrogen and oxygen atoms in total. The standard InChI is InChI=1S/2C7H4O2.Fe/c2*1-9-7(8)6-4-2-3-5-6;/h2*8H,1H3;/q;;+2/p-2. The van der Waals surface area contributed by atoms with Crippen molar-refractivity contribution in [3.05, 3.63) is 23.0 Å². The van der Waals surface area contributed by atoms with Gasteiger partial charge in [0.2, 0.25) is 0 Å². The molecule has 0 aromatic carbocycles. The first-order valence-electron chi connectivity index (χ1n) is 4.63. The van der Waals surface area contributed by atoms with Crippen molar-refractivity contribution in [1.29, 1.82) is 0 Å². The summed E-state index contributed by atoms with van der Waals surface area (Å²) in [5.74, 6) is 18.8. The van der Waals surface area contributed by atoms with Crippen molar-refractivity contribution >= 4 is 0 Å². The summed E-state index contributed by atoms with van der Waals surface area (Å²) < 4.78 is 8.71. The van der Waals surface area contributed by atoms with Crippen LogP contribution in [0, 0.1) is 47.4 Å². The van der Waals surface area contributed by atoms with E-state index in [9.17, 15) is 10.2 Å². The van der Waals surface area contributed by atoms with Gasteiger partial charge in [-0.3, -0.25) is 0 Å². The third-order valence-corrected chi connectivity index (χ3v) is 1.65. The largest absolute Gasteiger partial charge is 2.00 e. The predicted molar refractivity (Wildman–Crippen MR) is 59.2 cm³/mol. The van der Waals surface area contributed by atoms with Gasteiger partial charge < -0.3 is 19.7 Å². The maximum Gasteiger partial charge on any atom is 2.00 e. The second kappa shape index (κ2) is 8.52. The van der Waals surface area contributed by atoms with E-state index in [-0.39, 0.29) is 28.2 Å². The van der Waals surface area contributed by atoms with E-state index in [0.717, 1.165) is 0 Å². The van der Waals surface area contributed by atoms with E-state index in [4.69, 9.17) is 0 Å². The Bertz CT molecular complexity index is 551. The second-order valence-corrected chi connectivity index (χ2v) is 2.73. The molecule has 0 aromatic heterocycles. The third-order valence-electron chi connectivity index (χ3n) is 1.65. The Hall–Kier alpha value is -2.56. The van der Waals surface area contributed by atoms with Gasteiger partial charge in [0.05, 0.1) is 23.0 Å². The van der Waals surface area contributed by atoms with Crippen molar-refractivity contribution in [2.24, 2.45) is 0 Å². The Morgan fingerprint density at radius 2 is 1.00 bits per heavy atom. The normalized spacial score (nSPS) is 10.4. The molecule has 0 N–H and O–H groups in total. The molecule has 0 radical (unpaired) electrons. The molecule has 0 unspecified atom stereocenters. The monoisotopic (exact) mass is 294 g/mol. The van der Waals surface area contributed by atoms with Crippen molar-refractivity contribution in [2.75, 3.05) is 14.2 Å². The fraction of sp³-hybridized carbons (Fsp3) is 0.143. The van der Waals surface area contributed by atoms with E-state index in [1.54, 1.807) is 0 Å². The van der Waals surface area contributed by atoms with Gasteiger partial charge in [-0.2, -0.15) is 0 Å². The molecule has 0 amide bonds. The van der Waals surface area contributed by atoms with Crippen LogP contribution in [0.3, 0.4) is 0 Å². The Morgan fingerprint density at radius 1 is 0.737 bits per heavy atom. The van der Waals surface area contributed by atoms with Crippen molar-refractivity contribution in [3.63, 3.8) is 0 Å². The van der Waals surface area contributed by atoms with Gasteiger partial charge in [0.15, 0.2) is 0 Å². The van der Waals surface area contributed by atoms with Crippen LogP contribution in [-0.2, 0) is 26.5 Å². The Labute approximate surface area is 122 Å². The summed E-state index contributed by atoms with van der Waals surface area (Å²) in [5.41, 5.74) is 0.495. The first-order valence-corrected chi connectivity index (χ1v) is 4.63. The first-order chi connectivity index (χ1) is 8.69. The van der Waals surface area contributed by atoms with E-state index in [2.05, 4.69) is 56.8 Å². The SMILES string of the molecule is COC([O-])=C1C#CC#C1.COC([O-])=C1C#CC#C1.[Fe+2]. The summed E-state index contributed by atoms with van der Waals surface area (Å²) in [6.45, 7) is 0. The van der Waals surface area contributed by atoms with Crippen LogP contribution >= 0.6 is 0 Å². The quantitative estimate of drug-likeness (QED) is 0.351. The van der Waals surface area contributed by atoms with E-state index in [0.29, 0.717) is 0 Å². The maximum atomic E-state index is 10.5. The molecular weight excluding hydrogens is 288 g/mol. The zero-order valence-electron chi connectivity index (χ0n) is 9.99. The van der Waals surface area contributed by atoms with Crippen LogP contribution in [0.1, 0.15) is 0 Å². The Kier molecular flexibility index (Phi) is 7.37. The molecular formula is C14H6FeO4. The number of rotatable bonds is 2. The smallest absolute Gasteiger partial charge is 0.615 e. The molecule has 0 saturated heterocycles. The van der Waals surface area contributed by atoms with Gasteiger partial charge >= 0.3 is 17.1 Å². The zero-order valence-corrected chi connectivity index (χ0v) is 11.1. The van der Waals surface area contributed by atoms with Crippen molar-refractivity contribution in [1.82, 2.24) is 0 Å². The molecule has 0 atom stereocenters. The molecule has 0 fully saturated rings. The van der Waals surface area contributed by atoms with Gasteiger partial charge in [-0.1, -0.05) is 0 Å². The van der Waals surface area contributed by atoms with Gasteiger partial charge in [0.1, 0.15) is 0 Å². The molecule has 0 heterocycles. The number of ether oxygens (including phenoxy) is 2. The molecule has 5 heteroatoms. The molecule has 2 rings (SSSR count). The van der Waals surface area contributed by atoms with Gasteiger partial charge in [-0.25, -0.2) is 0 Å². The Balaban J connectivity index is 0.000000324. The van der Waals surface area contributed by atoms with Crippen molar-refractivity contribution < 1.29 is 36.8 Å². The molecule has 0 saturated carbocycles. The van der Waals surface area contributed by atoms with E-state index in [1.165, 1.54) is 14.2 Å². The number of hydrogen-bond donors (Lipinski definition) is 0. The summed E-state index contributed by atoms with van der Waals surface area (Å²) in [4.78, 5) is 0. The van der Waals surface area contributed by atoms with Crippen LogP contribution in [0.15, 0.2) is 23.0 Å². The van der Waals surface area contributed by atoms with Gasteiger partial charge in [0, 0.05) is 0 Å². The first kappa shape index (κ1) is 16.4. The fourth-order valence-electron chi connectivity index (χ4n) is 0.846. The zero-order chi connectivity index (χ0) is 13.4. The maximum absolute atomic E-state index is 10.5. The van der Waals surface area contributed by atoms with Gasteiger partial charge in [-0.05, 0) is 61.6 Å². The van der Waals surface area contributed by atoms with E-state index < -0.39 is 11.9 Å². The topological polar surface area (TPSA) is 64.6 Å². The second-order valence-electron chi connectivity index (χ2n) is 2.73. The minimum Gasteiger partial charge on any atom is -0.615 e. The summed E-state index contributed by atoms with van der Waals surface area (Å²) in [6.07, 6.45) is 0. The average molecular weight is 294 g/mol. The van der Waals surface area contributed by atoms with Gasteiger partial charge in [-0.15, -0.1) is 0 Å². The van der Waals surface area contributed by atoms with E-state index >= 15 is 0 Å². The Morgan fingerprint density at radius 3 is 1.21 bits per heavy atom. The molecule has 0 bridgehead atoms. The summed E-state index contributed by atoms with van der Waals surface area (Å²) in [7, 11) is 2.61. The predicted octanol–water partition coefficient (Wildman–Crippen LogP) is -1.55. The van der Waals surface area contributed by atoms with Crippen LogP contribution in [-0.4, -0.2) is 14.2 Å². The minimum absolute atomic E-state index is 0. The van der Waals surface area contributed by atoms with Crippen molar-refractivity contribution in [3.8, 4) is 47.4 Å². The summed E-state index contributed by atoms with van der Waals surface area (Å²) >= 11 is 0. The molecule has 0 aliphatic heterocycles. The molecule has 19 heavy (non-hydrogen) atoms. The summed E-state index contributed by atoms with van der Waals surface area (Å²) in [6, 6.07) is 0. The number of hydrogen-bond acceptors (Lipinski definition) is 4. The van der Waals surface area contributed by atoms with Crippen molar-refractivity contribution in [2.45, 2.75) is 0 Å². The average Bonchev–Trinajstić information content (AvgIpc) is 3.09. The van der Waals surface area contributed by atoms with Crippen LogP contribution in [0.5, 0.6) is 0 Å². The molecule has 94 valence electrons. The number of methoxy groups -OCH3 is 2. The van der Waals surface area contributed by atoms with Crippen LogP contribution in [0.25, 0.3) is 0 Å². The van der Waals surface area contributed by atoms with Crippen LogP contribution < -0.4 is 10.2 Å². The molecule has 0 aromatic rings. The number of allylic oxidation sites excluding steroid dienone is 2. The molecule has 2 aliphatic rings.